The highest BCUT2D eigenvalue weighted by Crippen LogP contribution is 2.27. The summed E-state index contributed by atoms with van der Waals surface area (Å²) < 4.78 is 9.74. The largest absolute Gasteiger partial charge is 0.496 e. The first-order valence-corrected chi connectivity index (χ1v) is 7.04. The molecule has 0 aliphatic carbocycles. The zero-order valence-corrected chi connectivity index (χ0v) is 14.3. The number of aryl methyl sites for hydroxylation is 1. The van der Waals surface area contributed by atoms with Gasteiger partial charge in [-0.15, -0.1) is 0 Å². The van der Waals surface area contributed by atoms with Crippen LogP contribution in [0.25, 0.3) is 0 Å². The molecule has 1 N–H and O–H groups in total. The Morgan fingerprint density at radius 3 is 1.95 bits per heavy atom. The smallest absolute Gasteiger partial charge is 0.341 e. The number of carbonyl (C=O) groups is 2. The summed E-state index contributed by atoms with van der Waals surface area (Å²) in [7, 11) is 2.76. The third-order valence-corrected chi connectivity index (χ3v) is 2.26. The molecule has 0 radical (unpaired) electrons. The lowest BCUT2D eigenvalue weighted by molar-refractivity contribution is -0.114. The molecule has 1 amide bonds. The number of anilines is 1. The fraction of sp³-hybridized carbons (Fsp3) is 0.500. The molecule has 21 heavy (non-hydrogen) atoms. The molecule has 0 aliphatic heterocycles. The van der Waals surface area contributed by atoms with Gasteiger partial charge in [0.1, 0.15) is 11.3 Å². The van der Waals surface area contributed by atoms with Crippen molar-refractivity contribution >= 4 is 17.6 Å². The summed E-state index contributed by atoms with van der Waals surface area (Å²) >= 11 is 0. The van der Waals surface area contributed by atoms with Gasteiger partial charge in [-0.3, -0.25) is 4.79 Å². The Bertz CT molecular complexity index is 456. The van der Waals surface area contributed by atoms with Gasteiger partial charge in [-0.25, -0.2) is 4.79 Å². The monoisotopic (exact) mass is 297 g/mol. The Kier molecular flexibility index (Phi) is 11.9. The molecule has 0 aliphatic rings. The van der Waals surface area contributed by atoms with Crippen molar-refractivity contribution in [3.63, 3.8) is 0 Å². The maximum absolute atomic E-state index is 11.5. The van der Waals surface area contributed by atoms with E-state index in [0.717, 1.165) is 5.56 Å². The second-order valence-corrected chi connectivity index (χ2v) is 3.54. The molecule has 0 fully saturated rings. The van der Waals surface area contributed by atoms with Gasteiger partial charge >= 0.3 is 5.97 Å². The average Bonchev–Trinajstić information content (AvgIpc) is 2.51. The van der Waals surface area contributed by atoms with E-state index in [1.165, 1.54) is 21.1 Å². The van der Waals surface area contributed by atoms with Crippen LogP contribution in [0.15, 0.2) is 12.1 Å². The molecular weight excluding hydrogens is 270 g/mol. The molecule has 0 atom stereocenters. The average molecular weight is 297 g/mol. The van der Waals surface area contributed by atoms with E-state index in [-0.39, 0.29) is 5.91 Å². The first kappa shape index (κ1) is 21.3. The van der Waals surface area contributed by atoms with Gasteiger partial charge in [0.15, 0.2) is 0 Å². The van der Waals surface area contributed by atoms with E-state index in [1.807, 2.05) is 27.7 Å². The van der Waals surface area contributed by atoms with Gasteiger partial charge in [-0.05, 0) is 18.6 Å². The highest BCUT2D eigenvalue weighted by Gasteiger charge is 2.15. The fourth-order valence-electron chi connectivity index (χ4n) is 1.45. The SMILES string of the molecule is CC.CC.COC(=O)c1cc(C)c(NC(C)=O)cc1OC. The first-order valence-electron chi connectivity index (χ1n) is 7.04. The first-order chi connectivity index (χ1) is 9.99. The summed E-state index contributed by atoms with van der Waals surface area (Å²) in [5.74, 6) is -0.286. The molecule has 0 bridgehead atoms. The number of carbonyl (C=O) groups excluding carboxylic acids is 2. The van der Waals surface area contributed by atoms with E-state index >= 15 is 0 Å². The fourth-order valence-corrected chi connectivity index (χ4v) is 1.45. The lowest BCUT2D eigenvalue weighted by Crippen LogP contribution is -2.10. The summed E-state index contributed by atoms with van der Waals surface area (Å²) in [6.07, 6.45) is 0. The van der Waals surface area contributed by atoms with Crippen LogP contribution in [0.1, 0.15) is 50.5 Å². The Morgan fingerprint density at radius 1 is 1.05 bits per heavy atom. The Balaban J connectivity index is 0. The number of benzene rings is 1. The molecule has 0 spiro atoms. The molecule has 0 unspecified atom stereocenters. The summed E-state index contributed by atoms with van der Waals surface area (Å²) in [4.78, 5) is 22.5. The lowest BCUT2D eigenvalue weighted by Gasteiger charge is -2.12. The Morgan fingerprint density at radius 2 is 1.57 bits per heavy atom. The number of hydrogen-bond donors (Lipinski definition) is 1. The summed E-state index contributed by atoms with van der Waals surface area (Å²) in [6.45, 7) is 11.2. The number of methoxy groups -OCH3 is 2. The second-order valence-electron chi connectivity index (χ2n) is 3.54. The molecule has 5 nitrogen and oxygen atoms in total. The lowest BCUT2D eigenvalue weighted by atomic mass is 10.1. The van der Waals surface area contributed by atoms with Crippen molar-refractivity contribution in [3.8, 4) is 5.75 Å². The predicted molar refractivity (Wildman–Crippen MR) is 86.1 cm³/mol. The summed E-state index contributed by atoms with van der Waals surface area (Å²) in [5.41, 5.74) is 1.71. The molecule has 120 valence electrons. The van der Waals surface area contributed by atoms with E-state index in [9.17, 15) is 9.59 Å². The predicted octanol–water partition coefficient (Wildman–Crippen LogP) is 3.80. The van der Waals surface area contributed by atoms with Gasteiger partial charge in [0.2, 0.25) is 5.91 Å². The Labute approximate surface area is 127 Å². The molecule has 0 saturated carbocycles. The van der Waals surface area contributed by atoms with Crippen molar-refractivity contribution < 1.29 is 19.1 Å². The number of rotatable bonds is 3. The van der Waals surface area contributed by atoms with Crippen LogP contribution in [0.3, 0.4) is 0 Å². The van der Waals surface area contributed by atoms with Crippen LogP contribution in [0.5, 0.6) is 5.75 Å². The molecular formula is C16H27NO4. The Hall–Kier alpha value is -2.04. The summed E-state index contributed by atoms with van der Waals surface area (Å²) in [6, 6.07) is 3.22. The number of amides is 1. The van der Waals surface area contributed by atoms with Gasteiger partial charge in [0.05, 0.1) is 14.2 Å². The number of esters is 1. The second kappa shape index (κ2) is 11.8. The normalized spacial score (nSPS) is 8.38. The maximum atomic E-state index is 11.5. The van der Waals surface area contributed by atoms with E-state index < -0.39 is 5.97 Å². The van der Waals surface area contributed by atoms with Crippen molar-refractivity contribution in [2.75, 3.05) is 19.5 Å². The minimum Gasteiger partial charge on any atom is -0.496 e. The van der Waals surface area contributed by atoms with Crippen molar-refractivity contribution in [1.82, 2.24) is 0 Å². The quantitative estimate of drug-likeness (QED) is 0.862. The summed E-state index contributed by atoms with van der Waals surface area (Å²) in [5, 5.41) is 2.66. The highest BCUT2D eigenvalue weighted by molar-refractivity contribution is 5.95. The van der Waals surface area contributed by atoms with Crippen molar-refractivity contribution in [3.05, 3.63) is 23.3 Å². The van der Waals surface area contributed by atoms with Gasteiger partial charge in [0.25, 0.3) is 0 Å². The van der Waals surface area contributed by atoms with Crippen LogP contribution in [0, 0.1) is 6.92 Å². The third kappa shape index (κ3) is 6.79. The maximum Gasteiger partial charge on any atom is 0.341 e. The van der Waals surface area contributed by atoms with E-state index in [0.29, 0.717) is 17.0 Å². The van der Waals surface area contributed by atoms with Crippen LogP contribution in [-0.4, -0.2) is 26.1 Å². The van der Waals surface area contributed by atoms with Crippen LogP contribution < -0.4 is 10.1 Å². The van der Waals surface area contributed by atoms with Crippen molar-refractivity contribution in [1.29, 1.82) is 0 Å². The van der Waals surface area contributed by atoms with Crippen LogP contribution in [-0.2, 0) is 9.53 Å². The molecule has 1 aromatic carbocycles. The molecule has 1 rings (SSSR count). The van der Waals surface area contributed by atoms with Crippen molar-refractivity contribution in [2.45, 2.75) is 41.5 Å². The molecule has 5 heteroatoms. The van der Waals surface area contributed by atoms with E-state index in [4.69, 9.17) is 4.74 Å². The molecule has 1 aromatic rings. The highest BCUT2D eigenvalue weighted by atomic mass is 16.5. The molecule has 0 heterocycles. The zero-order valence-electron chi connectivity index (χ0n) is 14.3. The van der Waals surface area contributed by atoms with Crippen molar-refractivity contribution in [2.24, 2.45) is 0 Å². The minimum atomic E-state index is -0.473. The van der Waals surface area contributed by atoms with Crippen LogP contribution >= 0.6 is 0 Å². The molecule has 0 aromatic heterocycles. The van der Waals surface area contributed by atoms with Crippen LogP contribution in [0.2, 0.25) is 0 Å². The zero-order chi connectivity index (χ0) is 17.0. The topological polar surface area (TPSA) is 64.6 Å². The number of hydrogen-bond acceptors (Lipinski definition) is 4. The van der Waals surface area contributed by atoms with Gasteiger partial charge in [0, 0.05) is 18.7 Å². The van der Waals surface area contributed by atoms with E-state index in [2.05, 4.69) is 10.1 Å². The standard InChI is InChI=1S/C12H15NO4.2C2H6/c1-7-5-9(12(15)17-4)11(16-3)6-10(7)13-8(2)14;2*1-2/h5-6H,1-4H3,(H,13,14);2*1-2H3. The molecule has 0 saturated heterocycles. The third-order valence-electron chi connectivity index (χ3n) is 2.26. The number of nitrogens with one attached hydrogen (secondary N) is 1. The van der Waals surface area contributed by atoms with E-state index in [1.54, 1.807) is 19.1 Å². The van der Waals surface area contributed by atoms with Gasteiger partial charge in [-0.2, -0.15) is 0 Å². The number of ether oxygens (including phenoxy) is 2. The minimum absolute atomic E-state index is 0.180. The van der Waals surface area contributed by atoms with Gasteiger partial charge in [-0.1, -0.05) is 27.7 Å². The van der Waals surface area contributed by atoms with Crippen LogP contribution in [0.4, 0.5) is 5.69 Å². The van der Waals surface area contributed by atoms with Gasteiger partial charge < -0.3 is 14.8 Å².